The molecule has 4 aromatic rings. The molecule has 0 amide bonds. The van der Waals surface area contributed by atoms with Gasteiger partial charge in [-0.05, 0) is 23.1 Å². The molecular weight excluding hydrogens is 456 g/mol. The number of fused-ring (bicyclic) bond motifs is 1. The average molecular weight is 487 g/mol. The summed E-state index contributed by atoms with van der Waals surface area (Å²) in [6.45, 7) is 0.668. The van der Waals surface area contributed by atoms with Gasteiger partial charge >= 0.3 is 6.16 Å². The minimum atomic E-state index is -1.33. The highest BCUT2D eigenvalue weighted by molar-refractivity contribution is 5.81. The fourth-order valence-electron chi connectivity index (χ4n) is 5.17. The van der Waals surface area contributed by atoms with E-state index < -0.39 is 6.16 Å². The number of carboxylic acid groups (broad SMARTS) is 1. The van der Waals surface area contributed by atoms with Gasteiger partial charge in [0.1, 0.15) is 11.6 Å². The first-order valence-corrected chi connectivity index (χ1v) is 12.3. The zero-order valence-corrected chi connectivity index (χ0v) is 20.6. The monoisotopic (exact) mass is 486 g/mol. The Bertz CT molecular complexity index is 1370. The number of carbonyl (C=O) groups is 1. The van der Waals surface area contributed by atoms with Gasteiger partial charge in [0.2, 0.25) is 0 Å². The molecule has 0 bridgehead atoms. The third kappa shape index (κ3) is 4.87. The molecule has 0 atom stereocenters. The van der Waals surface area contributed by atoms with Crippen LogP contribution in [0.2, 0.25) is 0 Å². The van der Waals surface area contributed by atoms with Crippen LogP contribution in [0.3, 0.4) is 0 Å². The topological polar surface area (TPSA) is 82.8 Å². The Balaban J connectivity index is 1.49. The molecule has 1 aromatic heterocycles. The van der Waals surface area contributed by atoms with Crippen molar-refractivity contribution in [2.24, 2.45) is 5.92 Å². The van der Waals surface area contributed by atoms with Crippen molar-refractivity contribution < 1.29 is 24.1 Å². The van der Waals surface area contributed by atoms with Crippen LogP contribution in [-0.4, -0.2) is 35.0 Å². The molecule has 0 unspecified atom stereocenters. The zero-order valence-electron chi connectivity index (χ0n) is 20.6. The van der Waals surface area contributed by atoms with Gasteiger partial charge in [0.15, 0.2) is 11.5 Å². The summed E-state index contributed by atoms with van der Waals surface area (Å²) in [6, 6.07) is 19.2. The van der Waals surface area contributed by atoms with Crippen molar-refractivity contribution >= 4 is 17.2 Å². The van der Waals surface area contributed by atoms with E-state index in [1.54, 1.807) is 26.4 Å². The van der Waals surface area contributed by atoms with Gasteiger partial charge in [-0.1, -0.05) is 68.1 Å². The van der Waals surface area contributed by atoms with Crippen molar-refractivity contribution in [1.29, 1.82) is 0 Å². The van der Waals surface area contributed by atoms with Crippen LogP contribution in [0.15, 0.2) is 60.7 Å². The minimum Gasteiger partial charge on any atom is -0.493 e. The molecule has 1 saturated carbocycles. The van der Waals surface area contributed by atoms with Crippen LogP contribution in [0.4, 0.5) is 4.79 Å². The average Bonchev–Trinajstić information content (AvgIpc) is 3.51. The number of ether oxygens (including phenoxy) is 3. The van der Waals surface area contributed by atoms with Gasteiger partial charge in [-0.25, -0.2) is 9.78 Å². The van der Waals surface area contributed by atoms with Gasteiger partial charge in [-0.2, -0.15) is 0 Å². The largest absolute Gasteiger partial charge is 0.511 e. The van der Waals surface area contributed by atoms with Gasteiger partial charge in [-0.3, -0.25) is 0 Å². The number of nitrogens with zero attached hydrogens (tertiary/aromatic N) is 2. The van der Waals surface area contributed by atoms with Crippen LogP contribution in [0.1, 0.15) is 37.1 Å². The molecule has 1 aliphatic rings. The van der Waals surface area contributed by atoms with E-state index in [-0.39, 0.29) is 0 Å². The number of methoxy groups -OCH3 is 2. The van der Waals surface area contributed by atoms with Crippen LogP contribution in [0, 0.1) is 5.92 Å². The van der Waals surface area contributed by atoms with E-state index in [2.05, 4.69) is 16.7 Å². The number of benzene rings is 3. The predicted octanol–water partition coefficient (Wildman–Crippen LogP) is 6.56. The summed E-state index contributed by atoms with van der Waals surface area (Å²) in [7, 11) is 3.29. The Morgan fingerprint density at radius 2 is 1.67 bits per heavy atom. The molecule has 1 N–H and O–H groups in total. The minimum absolute atomic E-state index is 0.318. The van der Waals surface area contributed by atoms with Gasteiger partial charge in [-0.15, -0.1) is 0 Å². The molecule has 7 nitrogen and oxygen atoms in total. The highest BCUT2D eigenvalue weighted by atomic mass is 16.7. The maximum absolute atomic E-state index is 11.1. The lowest BCUT2D eigenvalue weighted by Crippen LogP contribution is -2.09. The Kier molecular flexibility index (Phi) is 6.80. The van der Waals surface area contributed by atoms with Gasteiger partial charge in [0.25, 0.3) is 0 Å². The number of rotatable bonds is 8. The number of para-hydroxylation sites is 1. The van der Waals surface area contributed by atoms with Crippen LogP contribution in [0.25, 0.3) is 22.2 Å². The maximum atomic E-state index is 11.1. The summed E-state index contributed by atoms with van der Waals surface area (Å²) in [5.74, 6) is 3.42. The van der Waals surface area contributed by atoms with Crippen molar-refractivity contribution in [2.45, 2.75) is 38.6 Å². The summed E-state index contributed by atoms with van der Waals surface area (Å²) in [5.41, 5.74) is 4.67. The van der Waals surface area contributed by atoms with E-state index in [1.165, 1.54) is 25.7 Å². The lowest BCUT2D eigenvalue weighted by Gasteiger charge is -2.14. The second-order valence-corrected chi connectivity index (χ2v) is 9.23. The third-order valence-electron chi connectivity index (χ3n) is 6.97. The van der Waals surface area contributed by atoms with E-state index in [0.717, 1.165) is 40.0 Å². The molecular formula is C29H30N2O5. The lowest BCUT2D eigenvalue weighted by molar-refractivity contribution is 0.144. The first-order chi connectivity index (χ1) is 17.6. The van der Waals surface area contributed by atoms with Gasteiger partial charge in [0.05, 0.1) is 25.3 Å². The Hall–Kier alpha value is -4.00. The van der Waals surface area contributed by atoms with E-state index >= 15 is 0 Å². The first-order valence-electron chi connectivity index (χ1n) is 12.3. The molecule has 1 heterocycles. The Morgan fingerprint density at radius 1 is 0.972 bits per heavy atom. The molecule has 0 saturated heterocycles. The number of hydrogen-bond acceptors (Lipinski definition) is 5. The zero-order chi connectivity index (χ0) is 25.1. The smallest absolute Gasteiger partial charge is 0.493 e. The Morgan fingerprint density at radius 3 is 2.36 bits per heavy atom. The van der Waals surface area contributed by atoms with E-state index in [4.69, 9.17) is 24.3 Å². The van der Waals surface area contributed by atoms with Crippen LogP contribution >= 0.6 is 0 Å². The second-order valence-electron chi connectivity index (χ2n) is 9.23. The normalized spacial score (nSPS) is 13.7. The van der Waals surface area contributed by atoms with E-state index in [0.29, 0.717) is 29.7 Å². The number of imidazole rings is 1. The van der Waals surface area contributed by atoms with Crippen molar-refractivity contribution in [3.8, 4) is 28.4 Å². The molecule has 0 spiro atoms. The van der Waals surface area contributed by atoms with E-state index in [9.17, 15) is 4.79 Å². The molecule has 0 aliphatic heterocycles. The van der Waals surface area contributed by atoms with Gasteiger partial charge in [0, 0.05) is 30.7 Å². The number of hydrogen-bond donors (Lipinski definition) is 1. The second kappa shape index (κ2) is 10.3. The summed E-state index contributed by atoms with van der Waals surface area (Å²) < 4.78 is 18.3. The SMILES string of the molecule is COc1cc2nc(CC3CCCC3)n(Cc3ccc(-c4ccccc4OC(=O)O)cc3)c2cc1OC. The predicted molar refractivity (Wildman–Crippen MR) is 138 cm³/mol. The quantitative estimate of drug-likeness (QED) is 0.224. The fourth-order valence-corrected chi connectivity index (χ4v) is 5.17. The molecule has 3 aromatic carbocycles. The van der Waals surface area contributed by atoms with E-state index in [1.807, 2.05) is 36.4 Å². The van der Waals surface area contributed by atoms with Gasteiger partial charge < -0.3 is 23.9 Å². The number of aromatic nitrogens is 2. The summed E-state index contributed by atoms with van der Waals surface area (Å²) in [4.78, 5) is 16.1. The highest BCUT2D eigenvalue weighted by Gasteiger charge is 2.21. The summed E-state index contributed by atoms with van der Waals surface area (Å²) in [6.07, 6.45) is 4.72. The molecule has 186 valence electrons. The van der Waals surface area contributed by atoms with Crippen LogP contribution in [0.5, 0.6) is 17.2 Å². The fraction of sp³-hybridized carbons (Fsp3) is 0.310. The maximum Gasteiger partial charge on any atom is 0.511 e. The van der Waals surface area contributed by atoms with Crippen molar-refractivity contribution in [3.05, 3.63) is 72.1 Å². The molecule has 0 radical (unpaired) electrons. The standard InChI is InChI=1S/C29H30N2O5/c1-34-26-16-23-24(17-27(26)35-2)31(28(30-23)15-19-7-3-4-8-19)18-20-11-13-21(14-12-20)22-9-5-6-10-25(22)36-29(32)33/h5-6,9-14,16-17,19H,3-4,7-8,15,18H2,1-2H3,(H,32,33). The highest BCUT2D eigenvalue weighted by Crippen LogP contribution is 2.35. The Labute approximate surface area is 210 Å². The lowest BCUT2D eigenvalue weighted by atomic mass is 10.0. The molecule has 1 fully saturated rings. The van der Waals surface area contributed by atoms with Crippen LogP contribution < -0.4 is 14.2 Å². The molecule has 1 aliphatic carbocycles. The van der Waals surface area contributed by atoms with Crippen LogP contribution in [-0.2, 0) is 13.0 Å². The third-order valence-corrected chi connectivity index (χ3v) is 6.97. The van der Waals surface area contributed by atoms with Crippen molar-refractivity contribution in [3.63, 3.8) is 0 Å². The summed E-state index contributed by atoms with van der Waals surface area (Å²) in [5, 5.41) is 9.06. The first kappa shape index (κ1) is 23.7. The van der Waals surface area contributed by atoms with Crippen molar-refractivity contribution in [2.75, 3.05) is 14.2 Å². The molecule has 5 rings (SSSR count). The summed E-state index contributed by atoms with van der Waals surface area (Å²) >= 11 is 0. The molecule has 7 heteroatoms. The van der Waals surface area contributed by atoms with Crippen molar-refractivity contribution in [1.82, 2.24) is 9.55 Å². The molecule has 36 heavy (non-hydrogen) atoms.